The predicted octanol–water partition coefficient (Wildman–Crippen LogP) is 8.70. The molecule has 4 aromatic heterocycles. The smallest absolute Gasteiger partial charge is 0.407 e. The maximum Gasteiger partial charge on any atom is 0.407 e. The number of nitrogens with zero attached hydrogens (tertiary/aromatic N) is 8. The van der Waals surface area contributed by atoms with Gasteiger partial charge in [-0.25, -0.2) is 29.5 Å². The zero-order valence-corrected chi connectivity index (χ0v) is 37.8. The minimum absolute atomic E-state index is 0.226. The molecule has 324 valence electrons. The molecule has 0 aliphatic carbocycles. The van der Waals surface area contributed by atoms with Gasteiger partial charge in [-0.2, -0.15) is 10.2 Å². The molecule has 0 aliphatic heterocycles. The second kappa shape index (κ2) is 20.6. The minimum Gasteiger partial charge on any atom is -0.444 e. The zero-order chi connectivity index (χ0) is 45.1. The Hall–Kier alpha value is -6.55. The van der Waals surface area contributed by atoms with Crippen LogP contribution in [0, 0.1) is 27.7 Å². The molecule has 0 atom stereocenters. The first-order valence-corrected chi connectivity index (χ1v) is 19.9. The van der Waals surface area contributed by atoms with E-state index in [1.807, 2.05) is 120 Å². The van der Waals surface area contributed by atoms with E-state index in [9.17, 15) is 9.59 Å². The van der Waals surface area contributed by atoms with Crippen molar-refractivity contribution in [2.75, 3.05) is 11.1 Å². The van der Waals surface area contributed by atoms with Gasteiger partial charge in [0.2, 0.25) is 11.2 Å². The van der Waals surface area contributed by atoms with E-state index in [0.717, 1.165) is 61.6 Å². The van der Waals surface area contributed by atoms with Crippen LogP contribution in [-0.4, -0.2) is 62.9 Å². The minimum atomic E-state index is -0.519. The second-order valence-electron chi connectivity index (χ2n) is 16.4. The lowest BCUT2D eigenvalue weighted by Gasteiger charge is -2.20. The number of carbonyl (C=O) groups is 2. The Balaban J connectivity index is 0.000000235. The van der Waals surface area contributed by atoms with Gasteiger partial charge in [-0.3, -0.25) is 9.36 Å². The van der Waals surface area contributed by atoms with Crippen LogP contribution in [-0.2, 0) is 36.7 Å². The summed E-state index contributed by atoms with van der Waals surface area (Å²) in [6.45, 7) is 19.8. The fourth-order valence-electron chi connectivity index (χ4n) is 5.61. The van der Waals surface area contributed by atoms with Gasteiger partial charge in [0.15, 0.2) is 0 Å². The van der Waals surface area contributed by atoms with Crippen molar-refractivity contribution >= 4 is 41.1 Å². The van der Waals surface area contributed by atoms with Crippen molar-refractivity contribution < 1.29 is 19.1 Å². The lowest BCUT2D eigenvalue weighted by molar-refractivity contribution is 0.0512. The number of carbonyl (C=O) groups excluding carboxylic acids is 2. The van der Waals surface area contributed by atoms with E-state index in [0.29, 0.717) is 24.7 Å². The van der Waals surface area contributed by atoms with Crippen molar-refractivity contribution in [3.8, 4) is 22.5 Å². The average molecular weight is 853 g/mol. The Bertz CT molecular complexity index is 2420. The number of rotatable bonds is 8. The Morgan fingerprint density at radius 1 is 0.672 bits per heavy atom. The molecule has 0 unspecified atom stereocenters. The Labute approximate surface area is 362 Å². The quantitative estimate of drug-likeness (QED) is 0.106. The molecule has 0 aliphatic rings. The highest BCUT2D eigenvalue weighted by atomic mass is 35.5. The van der Waals surface area contributed by atoms with Gasteiger partial charge in [0.05, 0.1) is 35.2 Å². The number of alkyl carbamates (subject to hydrolysis) is 2. The van der Waals surface area contributed by atoms with E-state index in [1.54, 1.807) is 40.3 Å². The van der Waals surface area contributed by atoms with Crippen LogP contribution in [0.2, 0.25) is 5.28 Å². The Morgan fingerprint density at radius 3 is 1.56 bits per heavy atom. The van der Waals surface area contributed by atoms with Crippen LogP contribution >= 0.6 is 11.6 Å². The van der Waals surface area contributed by atoms with E-state index in [2.05, 4.69) is 52.2 Å². The van der Waals surface area contributed by atoms with Crippen molar-refractivity contribution in [3.05, 3.63) is 112 Å². The van der Waals surface area contributed by atoms with Gasteiger partial charge in [0.25, 0.3) is 0 Å². The van der Waals surface area contributed by atoms with Crippen LogP contribution in [0.3, 0.4) is 0 Å². The van der Waals surface area contributed by atoms with Crippen LogP contribution in [0.15, 0.2) is 73.6 Å². The standard InChI is InChI=1S/C22H28N6O2.C18H22ClN3O2.C4H7N3/c1-14-9-16(7-8-17(14)11-24-21(29)30-22(3,4)5)19-15(2)10-23-20(27-19)26-18-12-25-28(6)13-18;1-11-8-13(15-12(2)9-20-16(19)22-15)6-7-14(11)10-21-17(23)24-18(3,4)5;1-7-3-4(5)2-6-7/h7-10,12-13H,11H2,1-6H3,(H,24,29)(H,23,26,27);6-9H,10H2,1-5H3,(H,21,23);2-3H,5H2,1H3. The fraction of sp³-hybridized carbons (Fsp3) is 0.364. The van der Waals surface area contributed by atoms with E-state index in [1.165, 1.54) is 0 Å². The number of aryl methyl sites for hydroxylation is 6. The average Bonchev–Trinajstić information content (AvgIpc) is 3.76. The number of aromatic nitrogens is 8. The molecule has 0 bridgehead atoms. The molecule has 16 nitrogen and oxygen atoms in total. The maximum atomic E-state index is 11.9. The summed E-state index contributed by atoms with van der Waals surface area (Å²) in [4.78, 5) is 41.0. The molecule has 0 spiro atoms. The molecule has 2 aromatic carbocycles. The Morgan fingerprint density at radius 2 is 1.15 bits per heavy atom. The van der Waals surface area contributed by atoms with Gasteiger partial charge in [-0.1, -0.05) is 24.3 Å². The number of nitrogen functional groups attached to an aromatic ring is 1. The van der Waals surface area contributed by atoms with E-state index < -0.39 is 23.4 Å². The molecule has 0 saturated carbocycles. The Kier molecular flexibility index (Phi) is 15.9. The molecular weight excluding hydrogens is 796 g/mol. The first kappa shape index (κ1) is 47.1. The van der Waals surface area contributed by atoms with Gasteiger partial charge in [0.1, 0.15) is 11.2 Å². The summed E-state index contributed by atoms with van der Waals surface area (Å²) in [6, 6.07) is 12.0. The van der Waals surface area contributed by atoms with Gasteiger partial charge in [0, 0.05) is 63.1 Å². The summed E-state index contributed by atoms with van der Waals surface area (Å²) in [5.74, 6) is 0.511. The first-order valence-electron chi connectivity index (χ1n) is 19.5. The summed E-state index contributed by atoms with van der Waals surface area (Å²) in [5.41, 5.74) is 15.5. The van der Waals surface area contributed by atoms with Crippen molar-refractivity contribution in [3.63, 3.8) is 0 Å². The lowest BCUT2D eigenvalue weighted by atomic mass is 10.0. The number of nitrogens with one attached hydrogen (secondary N) is 3. The van der Waals surface area contributed by atoms with Crippen LogP contribution < -0.4 is 21.7 Å². The van der Waals surface area contributed by atoms with E-state index >= 15 is 0 Å². The number of benzene rings is 2. The molecular formula is C44H57ClN12O4. The van der Waals surface area contributed by atoms with Gasteiger partial charge in [-0.05, 0) is 126 Å². The van der Waals surface area contributed by atoms with Gasteiger partial charge >= 0.3 is 12.2 Å². The number of halogens is 1. The normalized spacial score (nSPS) is 11.0. The van der Waals surface area contributed by atoms with Crippen LogP contribution in [0.4, 0.5) is 26.9 Å². The monoisotopic (exact) mass is 852 g/mol. The summed E-state index contributed by atoms with van der Waals surface area (Å²) < 4.78 is 13.9. The molecule has 0 saturated heterocycles. The second-order valence-corrected chi connectivity index (χ2v) is 16.7. The van der Waals surface area contributed by atoms with Crippen molar-refractivity contribution in [1.29, 1.82) is 0 Å². The fourth-order valence-corrected chi connectivity index (χ4v) is 5.74. The number of amides is 2. The van der Waals surface area contributed by atoms with Crippen molar-refractivity contribution in [2.24, 2.45) is 14.1 Å². The first-order chi connectivity index (χ1) is 28.5. The molecule has 6 rings (SSSR count). The van der Waals surface area contributed by atoms with Crippen LogP contribution in [0.5, 0.6) is 0 Å². The van der Waals surface area contributed by atoms with E-state index in [4.69, 9.17) is 26.8 Å². The number of nitrogens with two attached hydrogens (primary N) is 1. The SMILES string of the molecule is Cc1cc(-c2nc(Cl)ncc2C)ccc1CNC(=O)OC(C)(C)C.Cc1cc(-c2nc(Nc3cnn(C)c3)ncc2C)ccc1CNC(=O)OC(C)(C)C.Cn1cc(N)cn1. The molecule has 5 N–H and O–H groups in total. The summed E-state index contributed by atoms with van der Waals surface area (Å²) in [6.07, 6.45) is 9.60. The summed E-state index contributed by atoms with van der Waals surface area (Å²) in [5, 5.41) is 16.9. The third-order valence-corrected chi connectivity index (χ3v) is 8.66. The van der Waals surface area contributed by atoms with Crippen LogP contribution in [0.1, 0.15) is 74.9 Å². The molecule has 4 heterocycles. The van der Waals surface area contributed by atoms with E-state index in [-0.39, 0.29) is 5.28 Å². The number of ether oxygens (including phenoxy) is 2. The topological polar surface area (TPSA) is 202 Å². The molecule has 2 amide bonds. The number of hydrogen-bond donors (Lipinski definition) is 4. The summed E-state index contributed by atoms with van der Waals surface area (Å²) >= 11 is 5.89. The third kappa shape index (κ3) is 15.5. The van der Waals surface area contributed by atoms with Gasteiger partial charge in [-0.15, -0.1) is 0 Å². The number of hydrogen-bond acceptors (Lipinski definition) is 12. The molecule has 0 radical (unpaired) electrons. The maximum absolute atomic E-state index is 11.9. The largest absolute Gasteiger partial charge is 0.444 e. The zero-order valence-electron chi connectivity index (χ0n) is 37.0. The highest BCUT2D eigenvalue weighted by molar-refractivity contribution is 6.28. The summed E-state index contributed by atoms with van der Waals surface area (Å²) in [7, 11) is 3.69. The lowest BCUT2D eigenvalue weighted by Crippen LogP contribution is -2.32. The van der Waals surface area contributed by atoms with Crippen molar-refractivity contribution in [2.45, 2.75) is 93.5 Å². The van der Waals surface area contributed by atoms with Crippen molar-refractivity contribution in [1.82, 2.24) is 50.1 Å². The number of anilines is 3. The third-order valence-electron chi connectivity index (χ3n) is 8.48. The molecule has 6 aromatic rings. The highest BCUT2D eigenvalue weighted by Gasteiger charge is 2.18. The molecule has 61 heavy (non-hydrogen) atoms. The molecule has 0 fully saturated rings. The van der Waals surface area contributed by atoms with Crippen LogP contribution in [0.25, 0.3) is 22.5 Å². The molecule has 17 heteroatoms. The van der Waals surface area contributed by atoms with Gasteiger partial charge < -0.3 is 31.2 Å². The predicted molar refractivity (Wildman–Crippen MR) is 239 cm³/mol. The highest BCUT2D eigenvalue weighted by Crippen LogP contribution is 2.26.